The molecule has 0 saturated heterocycles. The second kappa shape index (κ2) is 4.67. The summed E-state index contributed by atoms with van der Waals surface area (Å²) in [6, 6.07) is 16.1. The summed E-state index contributed by atoms with van der Waals surface area (Å²) in [7, 11) is 0. The van der Waals surface area contributed by atoms with Crippen molar-refractivity contribution < 1.29 is 9.18 Å². The molecule has 0 N–H and O–H groups in total. The molecule has 2 nitrogen and oxygen atoms in total. The van der Waals surface area contributed by atoms with Crippen LogP contribution >= 0.6 is 0 Å². The van der Waals surface area contributed by atoms with E-state index in [2.05, 4.69) is 4.99 Å². The molecule has 0 aliphatic heterocycles. The first-order chi connectivity index (χ1) is 9.58. The minimum Gasteiger partial charge on any atom is -0.267 e. The number of nitrogens with zero attached hydrogens (tertiary/aromatic N) is 1. The van der Waals surface area contributed by atoms with Crippen molar-refractivity contribution >= 4 is 11.6 Å². The Morgan fingerprint density at radius 3 is 2.50 bits per heavy atom. The highest BCUT2D eigenvalue weighted by molar-refractivity contribution is 6.16. The van der Waals surface area contributed by atoms with Crippen LogP contribution in [0.1, 0.15) is 28.4 Å². The monoisotopic (exact) mass is 267 g/mol. The van der Waals surface area contributed by atoms with Gasteiger partial charge in [0.15, 0.2) is 5.67 Å². The van der Waals surface area contributed by atoms with Crippen LogP contribution in [0.25, 0.3) is 0 Å². The Bertz CT molecular complexity index is 689. The Kier molecular flexibility index (Phi) is 2.97. The molecule has 20 heavy (non-hydrogen) atoms. The largest absolute Gasteiger partial charge is 0.277 e. The number of rotatable bonds is 1. The minimum absolute atomic E-state index is 0.238. The fourth-order valence-corrected chi connectivity index (χ4v) is 2.55. The van der Waals surface area contributed by atoms with Crippen molar-refractivity contribution in [3.63, 3.8) is 0 Å². The van der Waals surface area contributed by atoms with Gasteiger partial charge in [0, 0.05) is 17.5 Å². The van der Waals surface area contributed by atoms with Gasteiger partial charge < -0.3 is 0 Å². The van der Waals surface area contributed by atoms with E-state index < -0.39 is 11.6 Å². The fraction of sp³-hybridized carbons (Fsp3) is 0.176. The standard InChI is InChI=1S/C17H14FNO/c1-17(18)11-13-9-5-6-10-14(13)15(17)19-16(20)12-7-3-2-4-8-12/h2-10H,11H2,1H3. The molecule has 1 aliphatic rings. The van der Waals surface area contributed by atoms with Gasteiger partial charge in [-0.05, 0) is 24.6 Å². The molecule has 0 aromatic heterocycles. The number of hydrogen-bond donors (Lipinski definition) is 0. The van der Waals surface area contributed by atoms with Crippen LogP contribution in [0.3, 0.4) is 0 Å². The highest BCUT2D eigenvalue weighted by Gasteiger charge is 2.40. The normalized spacial score (nSPS) is 22.8. The van der Waals surface area contributed by atoms with E-state index in [1.54, 1.807) is 24.3 Å². The lowest BCUT2D eigenvalue weighted by Gasteiger charge is -2.13. The number of fused-ring (bicyclic) bond motifs is 1. The lowest BCUT2D eigenvalue weighted by molar-refractivity contribution is 0.100. The molecule has 2 aromatic rings. The summed E-state index contributed by atoms with van der Waals surface area (Å²) in [5.41, 5.74) is 0.759. The van der Waals surface area contributed by atoms with E-state index >= 15 is 0 Å². The first-order valence-corrected chi connectivity index (χ1v) is 6.54. The highest BCUT2D eigenvalue weighted by atomic mass is 19.1. The third-order valence-electron chi connectivity index (χ3n) is 3.52. The molecule has 0 spiro atoms. The molecular formula is C17H14FNO. The zero-order valence-corrected chi connectivity index (χ0v) is 11.1. The number of aliphatic imine (C=N–C) groups is 1. The Morgan fingerprint density at radius 2 is 1.75 bits per heavy atom. The Labute approximate surface area is 117 Å². The number of benzene rings is 2. The second-order valence-corrected chi connectivity index (χ2v) is 5.16. The maximum Gasteiger partial charge on any atom is 0.277 e. The van der Waals surface area contributed by atoms with Crippen LogP contribution in [0.15, 0.2) is 59.6 Å². The van der Waals surface area contributed by atoms with Crippen molar-refractivity contribution in [2.45, 2.75) is 19.0 Å². The first kappa shape index (κ1) is 12.7. The van der Waals surface area contributed by atoms with Crippen LogP contribution in [-0.4, -0.2) is 17.3 Å². The van der Waals surface area contributed by atoms with Crippen molar-refractivity contribution in [1.82, 2.24) is 0 Å². The lowest BCUT2D eigenvalue weighted by Crippen LogP contribution is -2.27. The summed E-state index contributed by atoms with van der Waals surface area (Å²) in [6.07, 6.45) is 0.268. The van der Waals surface area contributed by atoms with Crippen molar-refractivity contribution in [2.24, 2.45) is 4.99 Å². The molecule has 2 aromatic carbocycles. The smallest absolute Gasteiger partial charge is 0.267 e. The number of carbonyl (C=O) groups is 1. The van der Waals surface area contributed by atoms with E-state index in [1.165, 1.54) is 6.92 Å². The molecule has 0 heterocycles. The van der Waals surface area contributed by atoms with E-state index in [9.17, 15) is 9.18 Å². The summed E-state index contributed by atoms with van der Waals surface area (Å²) in [6.45, 7) is 1.48. The maximum absolute atomic E-state index is 14.7. The molecule has 1 amide bonds. The molecule has 0 saturated carbocycles. The average Bonchev–Trinajstić information content (AvgIpc) is 2.70. The van der Waals surface area contributed by atoms with Crippen molar-refractivity contribution in [2.75, 3.05) is 0 Å². The zero-order valence-electron chi connectivity index (χ0n) is 11.1. The molecule has 0 radical (unpaired) electrons. The predicted octanol–water partition coefficient (Wildman–Crippen LogP) is 3.60. The van der Waals surface area contributed by atoms with Crippen LogP contribution in [0.2, 0.25) is 0 Å². The summed E-state index contributed by atoms with van der Waals surface area (Å²) in [4.78, 5) is 16.2. The lowest BCUT2D eigenvalue weighted by atomic mass is 10.0. The number of carbonyl (C=O) groups excluding carboxylic acids is 1. The Balaban J connectivity index is 2.04. The topological polar surface area (TPSA) is 29.4 Å². The fourth-order valence-electron chi connectivity index (χ4n) is 2.55. The van der Waals surface area contributed by atoms with E-state index in [0.717, 1.165) is 11.1 Å². The molecule has 3 rings (SSSR count). The maximum atomic E-state index is 14.7. The number of amides is 1. The number of hydrogen-bond acceptors (Lipinski definition) is 1. The first-order valence-electron chi connectivity index (χ1n) is 6.54. The summed E-state index contributed by atoms with van der Waals surface area (Å²) in [5, 5.41) is 0. The summed E-state index contributed by atoms with van der Waals surface area (Å²) in [5.74, 6) is -0.402. The van der Waals surface area contributed by atoms with Gasteiger partial charge in [0.2, 0.25) is 0 Å². The summed E-state index contributed by atoms with van der Waals surface area (Å²) >= 11 is 0. The zero-order chi connectivity index (χ0) is 14.2. The van der Waals surface area contributed by atoms with Gasteiger partial charge in [-0.1, -0.05) is 42.5 Å². The van der Waals surface area contributed by atoms with Crippen LogP contribution < -0.4 is 0 Å². The van der Waals surface area contributed by atoms with Crippen LogP contribution in [0.4, 0.5) is 4.39 Å². The molecule has 0 bridgehead atoms. The molecule has 100 valence electrons. The van der Waals surface area contributed by atoms with Crippen molar-refractivity contribution in [3.8, 4) is 0 Å². The quantitative estimate of drug-likeness (QED) is 0.776. The highest BCUT2D eigenvalue weighted by Crippen LogP contribution is 2.33. The molecule has 1 aliphatic carbocycles. The van der Waals surface area contributed by atoms with Gasteiger partial charge in [0.05, 0.1) is 5.71 Å². The van der Waals surface area contributed by atoms with E-state index in [1.807, 2.05) is 30.3 Å². The summed E-state index contributed by atoms with van der Waals surface area (Å²) < 4.78 is 14.7. The van der Waals surface area contributed by atoms with E-state index in [4.69, 9.17) is 0 Å². The van der Waals surface area contributed by atoms with Gasteiger partial charge in [-0.15, -0.1) is 0 Å². The SMILES string of the molecule is CC1(F)Cc2ccccc2C1=NC(=O)c1ccccc1. The van der Waals surface area contributed by atoms with Crippen LogP contribution in [0.5, 0.6) is 0 Å². The van der Waals surface area contributed by atoms with Gasteiger partial charge in [0.1, 0.15) is 0 Å². The molecular weight excluding hydrogens is 253 g/mol. The Morgan fingerprint density at radius 1 is 1.10 bits per heavy atom. The second-order valence-electron chi connectivity index (χ2n) is 5.16. The molecule has 1 unspecified atom stereocenters. The molecule has 3 heteroatoms. The predicted molar refractivity (Wildman–Crippen MR) is 77.0 cm³/mol. The van der Waals surface area contributed by atoms with Gasteiger partial charge in [0.25, 0.3) is 5.91 Å². The van der Waals surface area contributed by atoms with Crippen molar-refractivity contribution in [1.29, 1.82) is 0 Å². The Hall–Kier alpha value is -2.29. The van der Waals surface area contributed by atoms with Crippen LogP contribution in [0, 0.1) is 0 Å². The van der Waals surface area contributed by atoms with Gasteiger partial charge in [-0.3, -0.25) is 4.79 Å². The van der Waals surface area contributed by atoms with E-state index in [-0.39, 0.29) is 12.1 Å². The van der Waals surface area contributed by atoms with Gasteiger partial charge in [-0.25, -0.2) is 9.38 Å². The third-order valence-corrected chi connectivity index (χ3v) is 3.52. The van der Waals surface area contributed by atoms with E-state index in [0.29, 0.717) is 5.56 Å². The number of alkyl halides is 1. The number of halogens is 1. The molecule has 0 fully saturated rings. The van der Waals surface area contributed by atoms with Gasteiger partial charge >= 0.3 is 0 Å². The third kappa shape index (κ3) is 2.16. The van der Waals surface area contributed by atoms with Crippen LogP contribution in [-0.2, 0) is 6.42 Å². The van der Waals surface area contributed by atoms with Gasteiger partial charge in [-0.2, -0.15) is 0 Å². The molecule has 1 atom stereocenters. The minimum atomic E-state index is -1.59. The van der Waals surface area contributed by atoms with Crippen molar-refractivity contribution in [3.05, 3.63) is 71.3 Å². The average molecular weight is 267 g/mol.